The van der Waals surface area contributed by atoms with Crippen molar-refractivity contribution in [2.24, 2.45) is 11.8 Å². The van der Waals surface area contributed by atoms with Gasteiger partial charge in [-0.2, -0.15) is 10.2 Å². The second-order valence-electron chi connectivity index (χ2n) is 11.4. The molecule has 0 radical (unpaired) electrons. The van der Waals surface area contributed by atoms with Crippen molar-refractivity contribution in [3.63, 3.8) is 0 Å². The molecule has 0 saturated heterocycles. The predicted octanol–water partition coefficient (Wildman–Crippen LogP) is 9.85. The number of unbranched alkanes of at least 4 members (excludes halogenated alkanes) is 5. The van der Waals surface area contributed by atoms with Gasteiger partial charge in [0.2, 0.25) is 0 Å². The second kappa shape index (κ2) is 13.4. The maximum atomic E-state index is 4.65. The van der Waals surface area contributed by atoms with E-state index in [0.717, 1.165) is 23.4 Å². The van der Waals surface area contributed by atoms with E-state index in [-0.39, 0.29) is 0 Å². The molecule has 0 spiro atoms. The maximum absolute atomic E-state index is 4.65. The standard InChI is InChI=1S/C32H48N2/c1-3-5-6-7-8-9-10-26-13-15-27(16-14-26)28-19-21-30(22-20-28)32-24-23-31(33-34-32)29-17-11-25(4-2)12-18-29/h19-27,29H,3-18H2,1-2H3. The van der Waals surface area contributed by atoms with Crippen LogP contribution in [0.2, 0.25) is 0 Å². The zero-order valence-electron chi connectivity index (χ0n) is 22.0. The Kier molecular flexibility index (Phi) is 10.0. The van der Waals surface area contributed by atoms with E-state index in [4.69, 9.17) is 0 Å². The van der Waals surface area contributed by atoms with E-state index >= 15 is 0 Å². The van der Waals surface area contributed by atoms with Crippen LogP contribution in [0.4, 0.5) is 0 Å². The Bertz CT molecular complexity index is 809. The average molecular weight is 461 g/mol. The molecule has 0 amide bonds. The average Bonchev–Trinajstić information content (AvgIpc) is 2.91. The van der Waals surface area contributed by atoms with Crippen LogP contribution >= 0.6 is 0 Å². The smallest absolute Gasteiger partial charge is 0.0929 e. The molecule has 186 valence electrons. The molecule has 34 heavy (non-hydrogen) atoms. The monoisotopic (exact) mass is 460 g/mol. The van der Waals surface area contributed by atoms with Gasteiger partial charge in [-0.1, -0.05) is 89.5 Å². The van der Waals surface area contributed by atoms with Crippen molar-refractivity contribution in [2.45, 2.75) is 128 Å². The first kappa shape index (κ1) is 25.4. The van der Waals surface area contributed by atoms with Crippen LogP contribution in [0.25, 0.3) is 11.3 Å². The van der Waals surface area contributed by atoms with Gasteiger partial charge >= 0.3 is 0 Å². The summed E-state index contributed by atoms with van der Waals surface area (Å²) in [4.78, 5) is 0. The van der Waals surface area contributed by atoms with Crippen molar-refractivity contribution in [2.75, 3.05) is 0 Å². The van der Waals surface area contributed by atoms with E-state index < -0.39 is 0 Å². The molecule has 0 unspecified atom stereocenters. The molecule has 0 aliphatic heterocycles. The normalized spacial score (nSPS) is 25.4. The van der Waals surface area contributed by atoms with Gasteiger partial charge in [0.05, 0.1) is 11.4 Å². The fourth-order valence-corrected chi connectivity index (χ4v) is 6.50. The zero-order chi connectivity index (χ0) is 23.6. The molecule has 1 aromatic carbocycles. The SMILES string of the molecule is CCCCCCCCC1CCC(c2ccc(-c3ccc(C4CCC(CC)CC4)nn3)cc2)CC1. The summed E-state index contributed by atoms with van der Waals surface area (Å²) in [5.74, 6) is 3.27. The summed E-state index contributed by atoms with van der Waals surface area (Å²) < 4.78 is 0. The molecule has 1 aromatic heterocycles. The fourth-order valence-electron chi connectivity index (χ4n) is 6.50. The molecule has 2 nitrogen and oxygen atoms in total. The zero-order valence-corrected chi connectivity index (χ0v) is 22.0. The van der Waals surface area contributed by atoms with Crippen molar-refractivity contribution >= 4 is 0 Å². The Labute approximate surface area is 209 Å². The highest BCUT2D eigenvalue weighted by molar-refractivity contribution is 5.59. The van der Waals surface area contributed by atoms with Gasteiger partial charge in [-0.3, -0.25) is 0 Å². The van der Waals surface area contributed by atoms with Crippen molar-refractivity contribution in [1.29, 1.82) is 0 Å². The Hall–Kier alpha value is -1.70. The second-order valence-corrected chi connectivity index (χ2v) is 11.4. The first-order chi connectivity index (χ1) is 16.8. The first-order valence-electron chi connectivity index (χ1n) is 14.7. The van der Waals surface area contributed by atoms with Gasteiger partial charge in [-0.05, 0) is 86.8 Å². The lowest BCUT2D eigenvalue weighted by Crippen LogP contribution is -2.14. The van der Waals surface area contributed by atoms with Gasteiger partial charge in [0.15, 0.2) is 0 Å². The minimum atomic E-state index is 0.614. The minimum absolute atomic E-state index is 0.614. The minimum Gasteiger partial charge on any atom is -0.155 e. The quantitative estimate of drug-likeness (QED) is 0.312. The Morgan fingerprint density at radius 2 is 1.26 bits per heavy atom. The summed E-state index contributed by atoms with van der Waals surface area (Å²) in [6.07, 6.45) is 22.2. The fraction of sp³-hybridized carbons (Fsp3) is 0.688. The van der Waals surface area contributed by atoms with Crippen LogP contribution in [-0.2, 0) is 0 Å². The van der Waals surface area contributed by atoms with Gasteiger partial charge in [-0.25, -0.2) is 0 Å². The largest absolute Gasteiger partial charge is 0.155 e. The summed E-state index contributed by atoms with van der Waals surface area (Å²) in [5.41, 5.74) is 4.95. The molecule has 0 atom stereocenters. The molecule has 0 N–H and O–H groups in total. The number of benzene rings is 1. The van der Waals surface area contributed by atoms with Gasteiger partial charge in [0, 0.05) is 11.5 Å². The molecule has 2 saturated carbocycles. The molecule has 2 aliphatic carbocycles. The van der Waals surface area contributed by atoms with Crippen molar-refractivity contribution in [1.82, 2.24) is 10.2 Å². The van der Waals surface area contributed by atoms with Crippen molar-refractivity contribution in [3.8, 4) is 11.3 Å². The highest BCUT2D eigenvalue weighted by Crippen LogP contribution is 2.39. The summed E-state index contributed by atoms with van der Waals surface area (Å²) in [6, 6.07) is 13.7. The van der Waals surface area contributed by atoms with E-state index in [0.29, 0.717) is 5.92 Å². The first-order valence-corrected chi connectivity index (χ1v) is 14.7. The number of hydrogen-bond acceptors (Lipinski definition) is 2. The number of rotatable bonds is 11. The van der Waals surface area contributed by atoms with Crippen LogP contribution < -0.4 is 0 Å². The third-order valence-electron chi connectivity index (χ3n) is 9.02. The van der Waals surface area contributed by atoms with Crippen LogP contribution in [0, 0.1) is 11.8 Å². The Morgan fingerprint density at radius 3 is 1.91 bits per heavy atom. The van der Waals surface area contributed by atoms with Crippen LogP contribution in [0.5, 0.6) is 0 Å². The molecule has 2 fully saturated rings. The Balaban J connectivity index is 1.22. The molecular weight excluding hydrogens is 412 g/mol. The third kappa shape index (κ3) is 7.15. The summed E-state index contributed by atoms with van der Waals surface area (Å²) in [6.45, 7) is 4.63. The van der Waals surface area contributed by atoms with E-state index in [9.17, 15) is 0 Å². The van der Waals surface area contributed by atoms with Crippen molar-refractivity contribution in [3.05, 3.63) is 47.7 Å². The van der Waals surface area contributed by atoms with Gasteiger partial charge in [0.25, 0.3) is 0 Å². The molecule has 2 aromatic rings. The summed E-state index contributed by atoms with van der Waals surface area (Å²) in [5, 5.41) is 9.26. The molecule has 2 heteroatoms. The molecule has 0 bridgehead atoms. The summed E-state index contributed by atoms with van der Waals surface area (Å²) >= 11 is 0. The van der Waals surface area contributed by atoms with Gasteiger partial charge in [-0.15, -0.1) is 0 Å². The molecule has 2 aliphatic rings. The molecule has 4 rings (SSSR count). The summed E-state index contributed by atoms with van der Waals surface area (Å²) in [7, 11) is 0. The van der Waals surface area contributed by atoms with Crippen LogP contribution in [0.15, 0.2) is 36.4 Å². The maximum Gasteiger partial charge on any atom is 0.0929 e. The molecular formula is C32H48N2. The lowest BCUT2D eigenvalue weighted by molar-refractivity contribution is 0.302. The van der Waals surface area contributed by atoms with Crippen LogP contribution in [0.1, 0.15) is 140 Å². The number of aromatic nitrogens is 2. The van der Waals surface area contributed by atoms with Crippen molar-refractivity contribution < 1.29 is 0 Å². The van der Waals surface area contributed by atoms with E-state index in [1.54, 1.807) is 0 Å². The topological polar surface area (TPSA) is 25.8 Å². The highest BCUT2D eigenvalue weighted by Gasteiger charge is 2.23. The highest BCUT2D eigenvalue weighted by atomic mass is 15.1. The van der Waals surface area contributed by atoms with E-state index in [2.05, 4.69) is 60.4 Å². The van der Waals surface area contributed by atoms with Gasteiger partial charge in [0.1, 0.15) is 0 Å². The van der Waals surface area contributed by atoms with Crippen LogP contribution in [0.3, 0.4) is 0 Å². The van der Waals surface area contributed by atoms with E-state index in [1.165, 1.54) is 120 Å². The number of nitrogens with zero attached hydrogens (tertiary/aromatic N) is 2. The predicted molar refractivity (Wildman–Crippen MR) is 145 cm³/mol. The lowest BCUT2D eigenvalue weighted by atomic mass is 9.77. The lowest BCUT2D eigenvalue weighted by Gasteiger charge is -2.29. The third-order valence-corrected chi connectivity index (χ3v) is 9.02. The van der Waals surface area contributed by atoms with Crippen LogP contribution in [-0.4, -0.2) is 10.2 Å². The van der Waals surface area contributed by atoms with E-state index in [1.807, 2.05) is 0 Å². The van der Waals surface area contributed by atoms with Gasteiger partial charge < -0.3 is 0 Å². The Morgan fingerprint density at radius 1 is 0.618 bits per heavy atom. The number of hydrogen-bond donors (Lipinski definition) is 0. The molecule has 1 heterocycles.